The SMILES string of the molecule is CCCCCCCCCCOc1ccc(-c2ccc(OCCCCOc3cccc(NC(N(C)C)=[N+](C)C)c3)cc2)cc1. The third-order valence-electron chi connectivity index (χ3n) is 7.32. The molecule has 1 N–H and O–H groups in total. The van der Waals surface area contributed by atoms with Crippen LogP contribution >= 0.6 is 0 Å². The molecule has 0 aromatic heterocycles. The Kier molecular flexibility index (Phi) is 15.3. The number of guanidine groups is 1. The van der Waals surface area contributed by atoms with Gasteiger partial charge in [0.1, 0.15) is 22.9 Å². The number of nitrogens with one attached hydrogen (secondary N) is 1. The van der Waals surface area contributed by atoms with Gasteiger partial charge >= 0.3 is 5.96 Å². The maximum absolute atomic E-state index is 5.99. The predicted molar refractivity (Wildman–Crippen MR) is 181 cm³/mol. The molecule has 0 aliphatic rings. The van der Waals surface area contributed by atoms with E-state index in [1.807, 2.05) is 74.1 Å². The summed E-state index contributed by atoms with van der Waals surface area (Å²) in [5.41, 5.74) is 3.35. The lowest BCUT2D eigenvalue weighted by Crippen LogP contribution is -2.36. The van der Waals surface area contributed by atoms with Crippen molar-refractivity contribution >= 4 is 11.6 Å². The van der Waals surface area contributed by atoms with E-state index in [9.17, 15) is 0 Å². The lowest BCUT2D eigenvalue weighted by Gasteiger charge is -2.13. The van der Waals surface area contributed by atoms with Gasteiger partial charge in [0.15, 0.2) is 0 Å². The average molecular weight is 589 g/mol. The first-order valence-corrected chi connectivity index (χ1v) is 16.1. The summed E-state index contributed by atoms with van der Waals surface area (Å²) in [6, 6.07) is 24.8. The molecule has 0 aliphatic heterocycles. The molecule has 0 amide bonds. The summed E-state index contributed by atoms with van der Waals surface area (Å²) in [6.45, 7) is 4.38. The summed E-state index contributed by atoms with van der Waals surface area (Å²) in [5.74, 6) is 3.71. The second kappa shape index (κ2) is 19.5. The molecule has 0 fully saturated rings. The molecule has 6 heteroatoms. The summed E-state index contributed by atoms with van der Waals surface area (Å²) in [7, 11) is 8.08. The van der Waals surface area contributed by atoms with Crippen molar-refractivity contribution in [2.45, 2.75) is 71.1 Å². The van der Waals surface area contributed by atoms with Gasteiger partial charge in [-0.1, -0.05) is 82.2 Å². The van der Waals surface area contributed by atoms with Gasteiger partial charge in [-0.25, -0.2) is 5.32 Å². The number of hydrogen-bond donors (Lipinski definition) is 1. The summed E-state index contributed by atoms with van der Waals surface area (Å²) in [6.07, 6.45) is 12.4. The van der Waals surface area contributed by atoms with Crippen LogP contribution in [0.5, 0.6) is 17.2 Å². The van der Waals surface area contributed by atoms with E-state index in [1.165, 1.54) is 56.1 Å². The highest BCUT2D eigenvalue weighted by molar-refractivity contribution is 5.89. The molecule has 6 nitrogen and oxygen atoms in total. The quantitative estimate of drug-likeness (QED) is 0.0657. The molecule has 43 heavy (non-hydrogen) atoms. The molecule has 3 aromatic carbocycles. The first kappa shape index (κ1) is 33.8. The van der Waals surface area contributed by atoms with Gasteiger partial charge in [0.05, 0.1) is 48.0 Å². The average Bonchev–Trinajstić information content (AvgIpc) is 3.01. The molecule has 0 aliphatic carbocycles. The molecular weight excluding hydrogens is 534 g/mol. The lowest BCUT2D eigenvalue weighted by molar-refractivity contribution is -0.469. The van der Waals surface area contributed by atoms with Crippen molar-refractivity contribution < 1.29 is 18.8 Å². The second-order valence-electron chi connectivity index (χ2n) is 11.5. The smallest absolute Gasteiger partial charge is 0.352 e. The molecule has 0 heterocycles. The molecule has 0 saturated heterocycles. The van der Waals surface area contributed by atoms with Gasteiger partial charge in [-0.05, 0) is 66.8 Å². The number of hydrogen-bond acceptors (Lipinski definition) is 3. The van der Waals surface area contributed by atoms with Crippen LogP contribution in [0.2, 0.25) is 0 Å². The Morgan fingerprint density at radius 1 is 0.605 bits per heavy atom. The fourth-order valence-electron chi connectivity index (χ4n) is 4.91. The van der Waals surface area contributed by atoms with Crippen LogP contribution in [0, 0.1) is 0 Å². The zero-order valence-corrected chi connectivity index (χ0v) is 27.2. The van der Waals surface area contributed by atoms with Gasteiger partial charge < -0.3 is 14.2 Å². The van der Waals surface area contributed by atoms with Crippen molar-refractivity contribution in [3.05, 3.63) is 72.8 Å². The molecule has 0 atom stereocenters. The molecule has 3 aromatic rings. The van der Waals surface area contributed by atoms with Gasteiger partial charge in [-0.3, -0.25) is 9.48 Å². The van der Waals surface area contributed by atoms with Gasteiger partial charge in [0.2, 0.25) is 0 Å². The van der Waals surface area contributed by atoms with Crippen LogP contribution in [0.15, 0.2) is 72.8 Å². The van der Waals surface area contributed by atoms with E-state index in [4.69, 9.17) is 14.2 Å². The standard InChI is InChI=1S/C37H53N3O3/c1-6-7-8-9-10-11-12-13-27-41-34-23-19-31(20-24-34)32-21-25-35(26-22-32)42-28-14-15-29-43-36-18-16-17-33(30-36)38-37(39(2)3)40(4)5/h16-26,30H,6-15,27-29H2,1-5H3/p+1. The van der Waals surface area contributed by atoms with Crippen LogP contribution in [0.4, 0.5) is 5.69 Å². The molecular formula is C37H54N3O3+. The number of rotatable bonds is 19. The van der Waals surface area contributed by atoms with Crippen molar-refractivity contribution in [2.24, 2.45) is 0 Å². The third-order valence-corrected chi connectivity index (χ3v) is 7.32. The maximum Gasteiger partial charge on any atom is 0.352 e. The van der Waals surface area contributed by atoms with E-state index in [1.54, 1.807) is 0 Å². The zero-order chi connectivity index (χ0) is 30.7. The van der Waals surface area contributed by atoms with Crippen LogP contribution in [0.3, 0.4) is 0 Å². The van der Waals surface area contributed by atoms with Crippen molar-refractivity contribution in [3.63, 3.8) is 0 Å². The van der Waals surface area contributed by atoms with E-state index < -0.39 is 0 Å². The summed E-state index contributed by atoms with van der Waals surface area (Å²) < 4.78 is 20.0. The lowest BCUT2D eigenvalue weighted by atomic mass is 10.1. The molecule has 0 unspecified atom stereocenters. The van der Waals surface area contributed by atoms with E-state index in [0.29, 0.717) is 13.2 Å². The molecule has 234 valence electrons. The molecule has 0 radical (unpaired) electrons. The Labute approximate surface area is 260 Å². The summed E-state index contributed by atoms with van der Waals surface area (Å²) in [4.78, 5) is 2.05. The molecule has 0 saturated carbocycles. The first-order valence-electron chi connectivity index (χ1n) is 16.1. The van der Waals surface area contributed by atoms with Crippen molar-refractivity contribution in [3.8, 4) is 28.4 Å². The molecule has 0 bridgehead atoms. The Bertz CT molecular complexity index is 1200. The van der Waals surface area contributed by atoms with Crippen LogP contribution in [0.1, 0.15) is 71.1 Å². The van der Waals surface area contributed by atoms with E-state index >= 15 is 0 Å². The molecule has 0 spiro atoms. The van der Waals surface area contributed by atoms with Gasteiger partial charge in [-0.2, -0.15) is 0 Å². The fraction of sp³-hybridized carbons (Fsp3) is 0.486. The van der Waals surface area contributed by atoms with Crippen LogP contribution in [-0.4, -0.2) is 63.4 Å². The normalized spacial score (nSPS) is 10.7. The number of anilines is 1. The Morgan fingerprint density at radius 2 is 1.07 bits per heavy atom. The van der Waals surface area contributed by atoms with E-state index in [0.717, 1.165) is 54.8 Å². The summed E-state index contributed by atoms with van der Waals surface area (Å²) >= 11 is 0. The second-order valence-corrected chi connectivity index (χ2v) is 11.5. The van der Waals surface area contributed by atoms with E-state index in [-0.39, 0.29) is 0 Å². The molecule has 3 rings (SSSR count). The van der Waals surface area contributed by atoms with Crippen LogP contribution < -0.4 is 19.5 Å². The predicted octanol–water partition coefficient (Wildman–Crippen LogP) is 8.71. The fourth-order valence-corrected chi connectivity index (χ4v) is 4.91. The Morgan fingerprint density at radius 3 is 1.56 bits per heavy atom. The number of unbranched alkanes of at least 4 members (excludes halogenated alkanes) is 8. The van der Waals surface area contributed by atoms with Gasteiger partial charge in [-0.15, -0.1) is 0 Å². The van der Waals surface area contributed by atoms with Crippen molar-refractivity contribution in [1.82, 2.24) is 4.90 Å². The largest absolute Gasteiger partial charge is 0.494 e. The third kappa shape index (κ3) is 13.0. The number of nitrogens with zero attached hydrogens (tertiary/aromatic N) is 2. The number of benzene rings is 3. The topological polar surface area (TPSA) is 46.0 Å². The van der Waals surface area contributed by atoms with Crippen molar-refractivity contribution in [1.29, 1.82) is 0 Å². The minimum absolute atomic E-state index is 0.655. The van der Waals surface area contributed by atoms with Crippen LogP contribution in [0.25, 0.3) is 11.1 Å². The minimum Gasteiger partial charge on any atom is -0.494 e. The zero-order valence-electron chi connectivity index (χ0n) is 27.2. The Balaban J connectivity index is 1.30. The monoisotopic (exact) mass is 588 g/mol. The van der Waals surface area contributed by atoms with Crippen LogP contribution in [-0.2, 0) is 0 Å². The van der Waals surface area contributed by atoms with E-state index in [2.05, 4.69) is 48.6 Å². The first-order chi connectivity index (χ1) is 21.0. The van der Waals surface area contributed by atoms with Gasteiger partial charge in [0.25, 0.3) is 0 Å². The maximum atomic E-state index is 5.99. The number of ether oxygens (including phenoxy) is 3. The highest BCUT2D eigenvalue weighted by Gasteiger charge is 2.12. The highest BCUT2D eigenvalue weighted by Crippen LogP contribution is 2.25. The van der Waals surface area contributed by atoms with Crippen molar-refractivity contribution in [2.75, 3.05) is 53.3 Å². The minimum atomic E-state index is 0.655. The Hall–Kier alpha value is -3.67. The highest BCUT2D eigenvalue weighted by atomic mass is 16.5. The van der Waals surface area contributed by atoms with Gasteiger partial charge in [0, 0.05) is 6.07 Å². The summed E-state index contributed by atoms with van der Waals surface area (Å²) in [5, 5.41) is 3.45.